The Bertz CT molecular complexity index is 950. The average molecular weight is 520 g/mol. The number of urea groups is 1. The highest BCUT2D eigenvalue weighted by Gasteiger charge is 2.69. The smallest absolute Gasteiger partial charge is 0.315 e. The fraction of sp³-hybridized carbons (Fsp3) is 0.815. The van der Waals surface area contributed by atoms with Crippen LogP contribution >= 0.6 is 0 Å². The number of fused-ring (bicyclic) bond motifs is 1. The van der Waals surface area contributed by atoms with Gasteiger partial charge < -0.3 is 31.4 Å². The standard InChI is InChI=1S/C27H45N5O5/c1-25(2,3)20(30-24(37)31-26(4,5)6)23(36)32-12-17-18(27(17,7)8)19(32)22(35)29-15(13-33)11-14-9-10-16(14)21(28)34/h13-20H,9-12H2,1-8H3,(H2,28,34)(H,29,35)(H2,30,31,37)/t14?,15?,16-,17+,18+,19+,20-/m1/s1. The van der Waals surface area contributed by atoms with E-state index in [1.165, 1.54) is 0 Å². The predicted molar refractivity (Wildman–Crippen MR) is 139 cm³/mol. The summed E-state index contributed by atoms with van der Waals surface area (Å²) in [5, 5.41) is 8.51. The maximum absolute atomic E-state index is 13.9. The van der Waals surface area contributed by atoms with E-state index in [2.05, 4.69) is 29.8 Å². The maximum Gasteiger partial charge on any atom is 0.315 e. The van der Waals surface area contributed by atoms with Crippen molar-refractivity contribution in [3.63, 3.8) is 0 Å². The molecular formula is C27H45N5O5. The Morgan fingerprint density at radius 2 is 1.68 bits per heavy atom. The second kappa shape index (κ2) is 9.91. The van der Waals surface area contributed by atoms with Gasteiger partial charge in [0.25, 0.3) is 0 Å². The van der Waals surface area contributed by atoms with E-state index in [0.717, 1.165) is 6.42 Å². The summed E-state index contributed by atoms with van der Waals surface area (Å²) in [6.45, 7) is 15.8. The van der Waals surface area contributed by atoms with Crippen molar-refractivity contribution in [2.45, 2.75) is 98.3 Å². The molecule has 3 fully saturated rings. The van der Waals surface area contributed by atoms with Crippen LogP contribution in [0.4, 0.5) is 4.79 Å². The topological polar surface area (TPSA) is 151 Å². The van der Waals surface area contributed by atoms with Crippen LogP contribution in [-0.4, -0.2) is 65.1 Å². The minimum absolute atomic E-state index is 0.0322. The Morgan fingerprint density at radius 1 is 1.05 bits per heavy atom. The predicted octanol–water partition coefficient (Wildman–Crippen LogP) is 1.57. The molecule has 0 spiro atoms. The highest BCUT2D eigenvalue weighted by atomic mass is 16.2. The monoisotopic (exact) mass is 519 g/mol. The molecule has 3 rings (SSSR count). The number of likely N-dealkylation sites (tertiary alicyclic amines) is 1. The highest BCUT2D eigenvalue weighted by molar-refractivity contribution is 5.94. The fourth-order valence-corrected chi connectivity index (χ4v) is 6.10. The maximum atomic E-state index is 13.9. The van der Waals surface area contributed by atoms with Gasteiger partial charge in [-0.25, -0.2) is 4.79 Å². The molecule has 2 saturated carbocycles. The third kappa shape index (κ3) is 6.09. The van der Waals surface area contributed by atoms with Crippen LogP contribution in [-0.2, 0) is 19.2 Å². The first kappa shape index (κ1) is 28.9. The first-order chi connectivity index (χ1) is 16.9. The molecule has 10 nitrogen and oxygen atoms in total. The first-order valence-corrected chi connectivity index (χ1v) is 13.3. The second-order valence-electron chi connectivity index (χ2n) is 13.9. The summed E-state index contributed by atoms with van der Waals surface area (Å²) in [4.78, 5) is 65.2. The number of hydrogen-bond donors (Lipinski definition) is 4. The molecule has 0 aromatic rings. The lowest BCUT2D eigenvalue weighted by Gasteiger charge is -2.39. The number of amides is 5. The molecule has 2 aliphatic carbocycles. The van der Waals surface area contributed by atoms with E-state index in [1.807, 2.05) is 41.5 Å². The zero-order chi connectivity index (χ0) is 28.1. The molecule has 0 aromatic heterocycles. The summed E-state index contributed by atoms with van der Waals surface area (Å²) >= 11 is 0. The SMILES string of the molecule is CC(C)(C)NC(=O)N[C@H](C(=O)N1C[C@H]2[C@@H]([C@H]1C(=O)NC(C=O)CC1CC[C@H]1C(N)=O)C2(C)C)C(C)(C)C. The average Bonchev–Trinajstić information content (AvgIpc) is 3.06. The zero-order valence-electron chi connectivity index (χ0n) is 23.5. The minimum atomic E-state index is -0.848. The van der Waals surface area contributed by atoms with Gasteiger partial charge >= 0.3 is 6.03 Å². The number of carbonyl (C=O) groups is 5. The molecule has 1 heterocycles. The molecule has 0 radical (unpaired) electrons. The molecule has 7 atom stereocenters. The van der Waals surface area contributed by atoms with E-state index >= 15 is 0 Å². The number of piperidine rings is 1. The number of nitrogens with two attached hydrogens (primary N) is 1. The zero-order valence-corrected chi connectivity index (χ0v) is 23.5. The van der Waals surface area contributed by atoms with Crippen LogP contribution in [0.3, 0.4) is 0 Å². The van der Waals surface area contributed by atoms with Gasteiger partial charge in [-0.3, -0.25) is 14.4 Å². The van der Waals surface area contributed by atoms with Crippen LogP contribution in [0.5, 0.6) is 0 Å². The number of rotatable bonds is 8. The summed E-state index contributed by atoms with van der Waals surface area (Å²) in [6, 6.07) is -2.79. The van der Waals surface area contributed by atoms with E-state index in [0.29, 0.717) is 25.7 Å². The van der Waals surface area contributed by atoms with Crippen LogP contribution in [0.1, 0.15) is 74.7 Å². The Kier molecular flexibility index (Phi) is 7.74. The summed E-state index contributed by atoms with van der Waals surface area (Å²) in [7, 11) is 0. The third-order valence-corrected chi connectivity index (χ3v) is 8.47. The van der Waals surface area contributed by atoms with Gasteiger partial charge in [-0.05, 0) is 68.6 Å². The number of nitrogens with one attached hydrogen (secondary N) is 3. The normalized spacial score (nSPS) is 29.7. The van der Waals surface area contributed by atoms with Gasteiger partial charge in [0, 0.05) is 18.0 Å². The van der Waals surface area contributed by atoms with Crippen molar-refractivity contribution in [1.29, 1.82) is 0 Å². The van der Waals surface area contributed by atoms with Crippen molar-refractivity contribution in [3.8, 4) is 0 Å². The van der Waals surface area contributed by atoms with Gasteiger partial charge in [0.05, 0.1) is 6.04 Å². The Labute approximate surface area is 220 Å². The lowest BCUT2D eigenvalue weighted by atomic mass is 9.70. The van der Waals surface area contributed by atoms with Crippen molar-refractivity contribution in [1.82, 2.24) is 20.9 Å². The molecule has 10 heteroatoms. The number of carbonyl (C=O) groups excluding carboxylic acids is 5. The van der Waals surface area contributed by atoms with Gasteiger partial charge in [-0.2, -0.15) is 0 Å². The van der Waals surface area contributed by atoms with Crippen molar-refractivity contribution in [2.24, 2.45) is 40.2 Å². The molecule has 0 aromatic carbocycles. The Balaban J connectivity index is 1.77. The van der Waals surface area contributed by atoms with Gasteiger partial charge in [0.1, 0.15) is 18.4 Å². The summed E-state index contributed by atoms with van der Waals surface area (Å²) in [5.74, 6) is -1.23. The lowest BCUT2D eigenvalue weighted by molar-refractivity contribution is -0.144. The van der Waals surface area contributed by atoms with Crippen LogP contribution in [0.25, 0.3) is 0 Å². The van der Waals surface area contributed by atoms with Gasteiger partial charge in [0.15, 0.2) is 0 Å². The van der Waals surface area contributed by atoms with Crippen LogP contribution in [0.2, 0.25) is 0 Å². The van der Waals surface area contributed by atoms with E-state index in [4.69, 9.17) is 5.73 Å². The van der Waals surface area contributed by atoms with Crippen LogP contribution < -0.4 is 21.7 Å². The fourth-order valence-electron chi connectivity index (χ4n) is 6.10. The number of primary amides is 1. The first-order valence-electron chi connectivity index (χ1n) is 13.3. The molecule has 5 amide bonds. The summed E-state index contributed by atoms with van der Waals surface area (Å²) in [6.07, 6.45) is 2.53. The minimum Gasteiger partial charge on any atom is -0.369 e. The number of aldehydes is 1. The molecule has 5 N–H and O–H groups in total. The highest BCUT2D eigenvalue weighted by Crippen LogP contribution is 2.65. The molecule has 0 bridgehead atoms. The van der Waals surface area contributed by atoms with Crippen LogP contribution in [0.15, 0.2) is 0 Å². The van der Waals surface area contributed by atoms with E-state index in [9.17, 15) is 24.0 Å². The molecule has 37 heavy (non-hydrogen) atoms. The quantitative estimate of drug-likeness (QED) is 0.359. The molecule has 1 aliphatic heterocycles. The van der Waals surface area contributed by atoms with Crippen molar-refractivity contribution in [3.05, 3.63) is 0 Å². The van der Waals surface area contributed by atoms with Crippen molar-refractivity contribution in [2.75, 3.05) is 6.54 Å². The van der Waals surface area contributed by atoms with Gasteiger partial charge in [-0.1, -0.05) is 34.6 Å². The molecule has 1 saturated heterocycles. The summed E-state index contributed by atoms with van der Waals surface area (Å²) in [5.41, 5.74) is 4.27. The Morgan fingerprint density at radius 3 is 2.14 bits per heavy atom. The largest absolute Gasteiger partial charge is 0.369 e. The van der Waals surface area contributed by atoms with Crippen molar-refractivity contribution < 1.29 is 24.0 Å². The number of hydrogen-bond acceptors (Lipinski definition) is 5. The molecule has 3 aliphatic rings. The van der Waals surface area contributed by atoms with Gasteiger partial charge in [-0.15, -0.1) is 0 Å². The van der Waals surface area contributed by atoms with Gasteiger partial charge in [0.2, 0.25) is 17.7 Å². The lowest BCUT2D eigenvalue weighted by Crippen LogP contribution is -2.62. The van der Waals surface area contributed by atoms with Crippen LogP contribution in [0, 0.1) is 34.5 Å². The van der Waals surface area contributed by atoms with E-state index in [1.54, 1.807) is 4.90 Å². The van der Waals surface area contributed by atoms with Crippen molar-refractivity contribution >= 4 is 30.0 Å². The second-order valence-corrected chi connectivity index (χ2v) is 13.9. The third-order valence-electron chi connectivity index (χ3n) is 8.47. The molecular weight excluding hydrogens is 474 g/mol. The Hall–Kier alpha value is -2.65. The molecule has 208 valence electrons. The summed E-state index contributed by atoms with van der Waals surface area (Å²) < 4.78 is 0. The van der Waals surface area contributed by atoms with E-state index in [-0.39, 0.29) is 46.8 Å². The molecule has 2 unspecified atom stereocenters. The number of nitrogens with zero attached hydrogens (tertiary/aromatic N) is 1. The van der Waals surface area contributed by atoms with E-state index < -0.39 is 35.1 Å².